The molecule has 5 heteroatoms. The highest BCUT2D eigenvalue weighted by atomic mass is 16.3. The molecule has 16 heavy (non-hydrogen) atoms. The number of rotatable bonds is 5. The first kappa shape index (κ1) is 12.7. The van der Waals surface area contributed by atoms with Crippen LogP contribution >= 0.6 is 0 Å². The highest BCUT2D eigenvalue weighted by Gasteiger charge is 2.16. The summed E-state index contributed by atoms with van der Waals surface area (Å²) in [6.07, 6.45) is 0. The third kappa shape index (κ3) is 3.66. The Hall–Kier alpha value is -1.36. The highest BCUT2D eigenvalue weighted by molar-refractivity contribution is 5.48. The van der Waals surface area contributed by atoms with Crippen molar-refractivity contribution in [2.75, 3.05) is 23.8 Å². The predicted molar refractivity (Wildman–Crippen MR) is 65.7 cm³/mol. The van der Waals surface area contributed by atoms with Crippen LogP contribution in [-0.2, 0) is 0 Å². The van der Waals surface area contributed by atoms with Crippen LogP contribution in [0.25, 0.3) is 0 Å². The molecule has 3 N–H and O–H groups in total. The molecule has 1 heterocycles. The molecule has 0 bridgehead atoms. The quantitative estimate of drug-likeness (QED) is 0.705. The Morgan fingerprint density at radius 1 is 1.31 bits per heavy atom. The van der Waals surface area contributed by atoms with Crippen molar-refractivity contribution in [3.8, 4) is 0 Å². The normalized spacial score (nSPS) is 11.3. The summed E-state index contributed by atoms with van der Waals surface area (Å²) in [5.74, 6) is 2.23. The number of anilines is 2. The molecule has 0 aliphatic heterocycles. The van der Waals surface area contributed by atoms with Crippen LogP contribution in [0.4, 0.5) is 11.6 Å². The number of aryl methyl sites for hydroxylation is 1. The van der Waals surface area contributed by atoms with E-state index < -0.39 is 0 Å². The van der Waals surface area contributed by atoms with Gasteiger partial charge in [0.15, 0.2) is 0 Å². The van der Waals surface area contributed by atoms with E-state index in [4.69, 9.17) is 0 Å². The van der Waals surface area contributed by atoms with Gasteiger partial charge in [-0.15, -0.1) is 0 Å². The lowest BCUT2D eigenvalue weighted by Crippen LogP contribution is -2.35. The van der Waals surface area contributed by atoms with Gasteiger partial charge in [-0.2, -0.15) is 0 Å². The first-order chi connectivity index (χ1) is 7.46. The second kappa shape index (κ2) is 5.12. The summed E-state index contributed by atoms with van der Waals surface area (Å²) in [6.45, 7) is 8.56. The van der Waals surface area contributed by atoms with Gasteiger partial charge in [-0.3, -0.25) is 0 Å². The summed E-state index contributed by atoms with van der Waals surface area (Å²) in [7, 11) is 0. The van der Waals surface area contributed by atoms with Crippen molar-refractivity contribution in [2.45, 2.75) is 33.2 Å². The minimum atomic E-state index is -0.385. The summed E-state index contributed by atoms with van der Waals surface area (Å²) >= 11 is 0. The average molecular weight is 224 g/mol. The maximum Gasteiger partial charge on any atom is 0.132 e. The molecule has 0 aromatic carbocycles. The van der Waals surface area contributed by atoms with Gasteiger partial charge >= 0.3 is 0 Å². The Morgan fingerprint density at radius 2 is 1.94 bits per heavy atom. The highest BCUT2D eigenvalue weighted by Crippen LogP contribution is 2.15. The molecule has 0 aliphatic rings. The summed E-state index contributed by atoms with van der Waals surface area (Å²) in [5.41, 5.74) is -0.385. The molecule has 0 atom stereocenters. The van der Waals surface area contributed by atoms with E-state index in [0.29, 0.717) is 5.82 Å². The first-order valence-electron chi connectivity index (χ1n) is 5.45. The summed E-state index contributed by atoms with van der Waals surface area (Å²) < 4.78 is 0. The Labute approximate surface area is 96.3 Å². The van der Waals surface area contributed by atoms with Crippen LogP contribution in [0.3, 0.4) is 0 Å². The predicted octanol–water partition coefficient (Wildman–Crippen LogP) is 1.40. The van der Waals surface area contributed by atoms with E-state index in [1.165, 1.54) is 0 Å². The average Bonchev–Trinajstić information content (AvgIpc) is 2.16. The zero-order valence-corrected chi connectivity index (χ0v) is 10.3. The van der Waals surface area contributed by atoms with E-state index in [1.807, 2.05) is 33.8 Å². The van der Waals surface area contributed by atoms with Crippen LogP contribution in [0.5, 0.6) is 0 Å². The standard InChI is InChI=1S/C11H20N4O/c1-5-12-9-6-10(14-8(2)13-9)15-11(3,4)7-16/h6,16H,5,7H2,1-4H3,(H2,12,13,14,15). The molecule has 0 amide bonds. The maximum atomic E-state index is 9.18. The third-order valence-electron chi connectivity index (χ3n) is 2.06. The lowest BCUT2D eigenvalue weighted by molar-refractivity contribution is 0.234. The van der Waals surface area contributed by atoms with E-state index >= 15 is 0 Å². The maximum absolute atomic E-state index is 9.18. The fourth-order valence-corrected chi connectivity index (χ4v) is 1.29. The number of nitrogens with zero attached hydrogens (tertiary/aromatic N) is 2. The van der Waals surface area contributed by atoms with Crippen molar-refractivity contribution < 1.29 is 5.11 Å². The molecule has 0 radical (unpaired) electrons. The van der Waals surface area contributed by atoms with Crippen LogP contribution in [-0.4, -0.2) is 33.8 Å². The fourth-order valence-electron chi connectivity index (χ4n) is 1.29. The van der Waals surface area contributed by atoms with Crippen LogP contribution < -0.4 is 10.6 Å². The molecular formula is C11H20N4O. The lowest BCUT2D eigenvalue weighted by Gasteiger charge is -2.24. The number of aliphatic hydroxyl groups is 1. The monoisotopic (exact) mass is 224 g/mol. The molecule has 0 fully saturated rings. The van der Waals surface area contributed by atoms with Crippen LogP contribution in [0.1, 0.15) is 26.6 Å². The Balaban J connectivity index is 2.87. The number of hydrogen-bond acceptors (Lipinski definition) is 5. The van der Waals surface area contributed by atoms with Gasteiger partial charge in [-0.05, 0) is 27.7 Å². The second-order valence-corrected chi connectivity index (χ2v) is 4.38. The number of aliphatic hydroxyl groups excluding tert-OH is 1. The zero-order valence-electron chi connectivity index (χ0n) is 10.3. The zero-order chi connectivity index (χ0) is 12.2. The molecular weight excluding hydrogens is 204 g/mol. The Morgan fingerprint density at radius 3 is 2.50 bits per heavy atom. The Kier molecular flexibility index (Phi) is 4.06. The van der Waals surface area contributed by atoms with Gasteiger partial charge in [-0.1, -0.05) is 0 Å². The Bertz CT molecular complexity index is 352. The molecule has 0 unspecified atom stereocenters. The van der Waals surface area contributed by atoms with E-state index in [0.717, 1.165) is 18.2 Å². The summed E-state index contributed by atoms with van der Waals surface area (Å²) in [4.78, 5) is 8.53. The molecule has 5 nitrogen and oxygen atoms in total. The summed E-state index contributed by atoms with van der Waals surface area (Å²) in [6, 6.07) is 1.84. The van der Waals surface area contributed by atoms with Gasteiger partial charge in [-0.25, -0.2) is 9.97 Å². The van der Waals surface area contributed by atoms with Crippen molar-refractivity contribution in [1.29, 1.82) is 0 Å². The van der Waals surface area contributed by atoms with Crippen LogP contribution in [0, 0.1) is 6.92 Å². The van der Waals surface area contributed by atoms with E-state index in [2.05, 4.69) is 20.6 Å². The molecule has 1 aromatic heterocycles. The van der Waals surface area contributed by atoms with Crippen LogP contribution in [0.2, 0.25) is 0 Å². The van der Waals surface area contributed by atoms with Crippen molar-refractivity contribution in [3.63, 3.8) is 0 Å². The number of aromatic nitrogens is 2. The van der Waals surface area contributed by atoms with Gasteiger partial charge in [0.2, 0.25) is 0 Å². The number of nitrogens with one attached hydrogen (secondary N) is 2. The van der Waals surface area contributed by atoms with Gasteiger partial charge in [0.25, 0.3) is 0 Å². The van der Waals surface area contributed by atoms with Gasteiger partial charge in [0.05, 0.1) is 12.1 Å². The summed E-state index contributed by atoms with van der Waals surface area (Å²) in [5, 5.41) is 15.5. The third-order valence-corrected chi connectivity index (χ3v) is 2.06. The molecule has 90 valence electrons. The van der Waals surface area contributed by atoms with Gasteiger partial charge in [0.1, 0.15) is 17.5 Å². The van der Waals surface area contributed by atoms with Crippen molar-refractivity contribution >= 4 is 11.6 Å². The number of hydrogen-bond donors (Lipinski definition) is 3. The van der Waals surface area contributed by atoms with E-state index in [-0.39, 0.29) is 12.1 Å². The molecule has 1 aromatic rings. The molecule has 0 aliphatic carbocycles. The molecule has 1 rings (SSSR count). The van der Waals surface area contributed by atoms with E-state index in [1.54, 1.807) is 0 Å². The smallest absolute Gasteiger partial charge is 0.132 e. The molecule has 0 saturated carbocycles. The van der Waals surface area contributed by atoms with Gasteiger partial charge < -0.3 is 15.7 Å². The fraction of sp³-hybridized carbons (Fsp3) is 0.636. The largest absolute Gasteiger partial charge is 0.394 e. The van der Waals surface area contributed by atoms with Crippen molar-refractivity contribution in [1.82, 2.24) is 9.97 Å². The first-order valence-corrected chi connectivity index (χ1v) is 5.45. The van der Waals surface area contributed by atoms with Gasteiger partial charge in [0, 0.05) is 12.6 Å². The van der Waals surface area contributed by atoms with E-state index in [9.17, 15) is 5.11 Å². The lowest BCUT2D eigenvalue weighted by atomic mass is 10.1. The van der Waals surface area contributed by atoms with Crippen molar-refractivity contribution in [3.05, 3.63) is 11.9 Å². The topological polar surface area (TPSA) is 70.1 Å². The van der Waals surface area contributed by atoms with Crippen molar-refractivity contribution in [2.24, 2.45) is 0 Å². The molecule has 0 saturated heterocycles. The minimum Gasteiger partial charge on any atom is -0.394 e. The SMILES string of the molecule is CCNc1cc(NC(C)(C)CO)nc(C)n1. The molecule has 0 spiro atoms. The second-order valence-electron chi connectivity index (χ2n) is 4.38. The minimum absolute atomic E-state index is 0.0482. The van der Waals surface area contributed by atoms with Crippen LogP contribution in [0.15, 0.2) is 6.07 Å².